The number of benzene rings is 2. The van der Waals surface area contributed by atoms with Crippen molar-refractivity contribution in [1.29, 1.82) is 0 Å². The smallest absolute Gasteiger partial charge is 0.270 e. The monoisotopic (exact) mass is 337 g/mol. The van der Waals surface area contributed by atoms with Gasteiger partial charge in [-0.1, -0.05) is 48.0 Å². The van der Waals surface area contributed by atoms with Crippen molar-refractivity contribution in [2.75, 3.05) is 5.32 Å². The summed E-state index contributed by atoms with van der Waals surface area (Å²) < 4.78 is 0. The van der Waals surface area contributed by atoms with Crippen molar-refractivity contribution in [3.63, 3.8) is 0 Å². The van der Waals surface area contributed by atoms with Crippen LogP contribution in [0.4, 0.5) is 11.4 Å². The fourth-order valence-electron chi connectivity index (χ4n) is 2.23. The van der Waals surface area contributed by atoms with E-state index >= 15 is 0 Å². The Hall–Kier alpha value is -2.85. The molecule has 0 aliphatic carbocycles. The number of hydrogen-bond acceptors (Lipinski definition) is 3. The lowest BCUT2D eigenvalue weighted by Crippen LogP contribution is -2.24. The normalized spacial score (nSPS) is 10.2. The first-order valence-corrected chi connectivity index (χ1v) is 7.90. The third kappa shape index (κ3) is 4.12. The van der Waals surface area contributed by atoms with Crippen LogP contribution >= 0.6 is 11.6 Å². The molecule has 0 saturated carbocycles. The van der Waals surface area contributed by atoms with Gasteiger partial charge in [0.15, 0.2) is 0 Å². The maximum Gasteiger partial charge on any atom is 0.270 e. The molecule has 0 unspecified atom stereocenters. The molecule has 3 rings (SSSR count). The van der Waals surface area contributed by atoms with Crippen molar-refractivity contribution in [1.82, 2.24) is 10.3 Å². The lowest BCUT2D eigenvalue weighted by molar-refractivity contribution is 0.0946. The highest BCUT2D eigenvalue weighted by Gasteiger charge is 2.09. The molecular formula is C19H16ClN3O. The Kier molecular flexibility index (Phi) is 5.08. The molecule has 0 saturated heterocycles. The van der Waals surface area contributed by atoms with Crippen LogP contribution in [-0.4, -0.2) is 10.9 Å². The highest BCUT2D eigenvalue weighted by atomic mass is 35.5. The second-order valence-corrected chi connectivity index (χ2v) is 5.60. The molecule has 0 atom stereocenters. The number of aromatic nitrogens is 1. The van der Waals surface area contributed by atoms with E-state index in [1.54, 1.807) is 18.3 Å². The Bertz CT molecular complexity index is 837. The average molecular weight is 338 g/mol. The molecule has 4 nitrogen and oxygen atoms in total. The molecular weight excluding hydrogens is 322 g/mol. The Morgan fingerprint density at radius 3 is 2.50 bits per heavy atom. The van der Waals surface area contributed by atoms with E-state index in [0.29, 0.717) is 17.3 Å². The van der Waals surface area contributed by atoms with Crippen molar-refractivity contribution in [3.8, 4) is 0 Å². The van der Waals surface area contributed by atoms with Crippen LogP contribution in [0.3, 0.4) is 0 Å². The zero-order valence-corrected chi connectivity index (χ0v) is 13.6. The van der Waals surface area contributed by atoms with Gasteiger partial charge in [-0.3, -0.25) is 9.78 Å². The van der Waals surface area contributed by atoms with Crippen LogP contribution in [0, 0.1) is 0 Å². The summed E-state index contributed by atoms with van der Waals surface area (Å²) in [6.07, 6.45) is 1.61. The van der Waals surface area contributed by atoms with Crippen molar-refractivity contribution in [3.05, 3.63) is 89.2 Å². The van der Waals surface area contributed by atoms with E-state index in [9.17, 15) is 4.79 Å². The predicted molar refractivity (Wildman–Crippen MR) is 96.6 cm³/mol. The van der Waals surface area contributed by atoms with Gasteiger partial charge in [-0.05, 0) is 35.9 Å². The molecule has 24 heavy (non-hydrogen) atoms. The van der Waals surface area contributed by atoms with Gasteiger partial charge in [-0.25, -0.2) is 0 Å². The van der Waals surface area contributed by atoms with E-state index in [1.165, 1.54) is 0 Å². The zero-order valence-electron chi connectivity index (χ0n) is 12.9. The standard InChI is InChI=1S/C19H16ClN3O/c20-17-9-5-4-6-14(17)13-22-19(24)18-12-16(10-11-21-18)23-15-7-2-1-3-8-15/h1-12H,13H2,(H,21,23)(H,22,24). The topological polar surface area (TPSA) is 54.0 Å². The minimum absolute atomic E-state index is 0.244. The lowest BCUT2D eigenvalue weighted by Gasteiger charge is -2.09. The van der Waals surface area contributed by atoms with E-state index in [4.69, 9.17) is 11.6 Å². The summed E-state index contributed by atoms with van der Waals surface area (Å²) >= 11 is 6.09. The van der Waals surface area contributed by atoms with Crippen LogP contribution in [0.5, 0.6) is 0 Å². The molecule has 3 aromatic rings. The summed E-state index contributed by atoms with van der Waals surface area (Å²) in [5.41, 5.74) is 2.97. The van der Waals surface area contributed by atoms with Gasteiger partial charge < -0.3 is 10.6 Å². The first kappa shape index (κ1) is 16.0. The summed E-state index contributed by atoms with van der Waals surface area (Å²) in [7, 11) is 0. The van der Waals surface area contributed by atoms with Crippen LogP contribution in [0.25, 0.3) is 0 Å². The highest BCUT2D eigenvalue weighted by molar-refractivity contribution is 6.31. The van der Waals surface area contributed by atoms with Crippen LogP contribution in [0.2, 0.25) is 5.02 Å². The molecule has 120 valence electrons. The van der Waals surface area contributed by atoms with E-state index < -0.39 is 0 Å². The number of rotatable bonds is 5. The first-order valence-electron chi connectivity index (χ1n) is 7.52. The molecule has 2 N–H and O–H groups in total. The minimum Gasteiger partial charge on any atom is -0.355 e. The van der Waals surface area contributed by atoms with Gasteiger partial charge in [-0.2, -0.15) is 0 Å². The molecule has 2 aromatic carbocycles. The van der Waals surface area contributed by atoms with Crippen LogP contribution in [-0.2, 0) is 6.54 Å². The molecule has 1 aromatic heterocycles. The van der Waals surface area contributed by atoms with Crippen LogP contribution in [0.1, 0.15) is 16.1 Å². The van der Waals surface area contributed by atoms with Crippen LogP contribution < -0.4 is 10.6 Å². The number of nitrogens with one attached hydrogen (secondary N) is 2. The highest BCUT2D eigenvalue weighted by Crippen LogP contribution is 2.17. The molecule has 0 radical (unpaired) electrons. The van der Waals surface area contributed by atoms with E-state index in [0.717, 1.165) is 16.9 Å². The van der Waals surface area contributed by atoms with Gasteiger partial charge in [0.2, 0.25) is 0 Å². The van der Waals surface area contributed by atoms with Gasteiger partial charge in [-0.15, -0.1) is 0 Å². The molecule has 5 heteroatoms. The SMILES string of the molecule is O=C(NCc1ccccc1Cl)c1cc(Nc2ccccc2)ccn1. The Balaban J connectivity index is 1.67. The van der Waals surface area contributed by atoms with E-state index in [1.807, 2.05) is 54.6 Å². The Labute approximate surface area is 145 Å². The Morgan fingerprint density at radius 1 is 0.958 bits per heavy atom. The second kappa shape index (κ2) is 7.62. The lowest BCUT2D eigenvalue weighted by atomic mass is 10.2. The molecule has 0 aliphatic rings. The van der Waals surface area contributed by atoms with E-state index in [2.05, 4.69) is 15.6 Å². The average Bonchev–Trinajstić information content (AvgIpc) is 2.62. The van der Waals surface area contributed by atoms with Crippen molar-refractivity contribution in [2.45, 2.75) is 6.54 Å². The molecule has 1 heterocycles. The third-order valence-electron chi connectivity index (χ3n) is 3.45. The van der Waals surface area contributed by atoms with Gasteiger partial charge in [0.1, 0.15) is 5.69 Å². The molecule has 0 aliphatic heterocycles. The number of carbonyl (C=O) groups excluding carboxylic acids is 1. The number of para-hydroxylation sites is 1. The molecule has 0 fully saturated rings. The van der Waals surface area contributed by atoms with Gasteiger partial charge in [0.05, 0.1) is 0 Å². The predicted octanol–water partition coefficient (Wildman–Crippen LogP) is 4.41. The maximum atomic E-state index is 12.3. The molecule has 0 bridgehead atoms. The summed E-state index contributed by atoms with van der Waals surface area (Å²) in [6, 6.07) is 20.7. The molecule has 0 spiro atoms. The maximum absolute atomic E-state index is 12.3. The fraction of sp³-hybridized carbons (Fsp3) is 0.0526. The fourth-order valence-corrected chi connectivity index (χ4v) is 2.43. The summed E-state index contributed by atoms with van der Waals surface area (Å²) in [4.78, 5) is 16.4. The second-order valence-electron chi connectivity index (χ2n) is 5.19. The quantitative estimate of drug-likeness (QED) is 0.725. The van der Waals surface area contributed by atoms with E-state index in [-0.39, 0.29) is 5.91 Å². The van der Waals surface area contributed by atoms with Gasteiger partial charge >= 0.3 is 0 Å². The van der Waals surface area contributed by atoms with Gasteiger partial charge in [0.25, 0.3) is 5.91 Å². The van der Waals surface area contributed by atoms with Gasteiger partial charge in [0, 0.05) is 29.1 Å². The number of anilines is 2. The number of nitrogens with zero attached hydrogens (tertiary/aromatic N) is 1. The zero-order chi connectivity index (χ0) is 16.8. The van der Waals surface area contributed by atoms with Crippen molar-refractivity contribution < 1.29 is 4.79 Å². The van der Waals surface area contributed by atoms with Crippen molar-refractivity contribution in [2.24, 2.45) is 0 Å². The number of pyridine rings is 1. The molecule has 1 amide bonds. The Morgan fingerprint density at radius 2 is 1.71 bits per heavy atom. The van der Waals surface area contributed by atoms with Crippen molar-refractivity contribution >= 4 is 28.9 Å². The number of amides is 1. The summed E-state index contributed by atoms with van der Waals surface area (Å²) in [5.74, 6) is -0.244. The first-order chi connectivity index (χ1) is 11.7. The third-order valence-corrected chi connectivity index (χ3v) is 3.82. The number of carbonyl (C=O) groups is 1. The number of halogens is 1. The van der Waals surface area contributed by atoms with Crippen LogP contribution in [0.15, 0.2) is 72.9 Å². The summed E-state index contributed by atoms with van der Waals surface area (Å²) in [6.45, 7) is 0.358. The number of hydrogen-bond donors (Lipinski definition) is 2. The minimum atomic E-state index is -0.244. The summed E-state index contributed by atoms with van der Waals surface area (Å²) in [5, 5.41) is 6.70. The largest absolute Gasteiger partial charge is 0.355 e.